The number of nitrogens with one attached hydrogen (secondary N) is 1. The number of hydroxylamine groups is 2. The Morgan fingerprint density at radius 2 is 1.58 bits per heavy atom. The first kappa shape index (κ1) is 11.9. The maximum Gasteiger partial charge on any atom is 0.114 e. The standard InChI is InChI=1S/C10H23NO/c1-5-8-11(9-6-2)12-10(4)7-3/h10H,5-9H2,1-4H3/p+1. The van der Waals surface area contributed by atoms with Gasteiger partial charge in [-0.2, -0.15) is 5.06 Å². The molecule has 12 heavy (non-hydrogen) atoms. The van der Waals surface area contributed by atoms with Crippen LogP contribution in [0.5, 0.6) is 0 Å². The molecule has 1 N–H and O–H groups in total. The summed E-state index contributed by atoms with van der Waals surface area (Å²) in [7, 11) is 0. The van der Waals surface area contributed by atoms with Crippen molar-refractivity contribution in [3.8, 4) is 0 Å². The summed E-state index contributed by atoms with van der Waals surface area (Å²) in [6, 6.07) is 0. The Kier molecular flexibility index (Phi) is 7.51. The van der Waals surface area contributed by atoms with Gasteiger partial charge in [0.05, 0.1) is 0 Å². The third kappa shape index (κ3) is 5.56. The van der Waals surface area contributed by atoms with Gasteiger partial charge in [0.2, 0.25) is 0 Å². The Morgan fingerprint density at radius 3 is 1.92 bits per heavy atom. The van der Waals surface area contributed by atoms with Crippen LogP contribution in [0.3, 0.4) is 0 Å². The van der Waals surface area contributed by atoms with E-state index in [1.165, 1.54) is 17.9 Å². The van der Waals surface area contributed by atoms with Crippen LogP contribution >= 0.6 is 0 Å². The SMILES string of the molecule is CCC[NH+](CCC)OC(C)CC. The van der Waals surface area contributed by atoms with E-state index in [1.54, 1.807) is 0 Å². The summed E-state index contributed by atoms with van der Waals surface area (Å²) in [5.41, 5.74) is 0. The van der Waals surface area contributed by atoms with Gasteiger partial charge in [0.15, 0.2) is 0 Å². The zero-order valence-corrected chi connectivity index (χ0v) is 9.02. The molecule has 0 spiro atoms. The van der Waals surface area contributed by atoms with Gasteiger partial charge in [-0.05, 0) is 26.2 Å². The number of hydrogen-bond donors (Lipinski definition) is 1. The van der Waals surface area contributed by atoms with Gasteiger partial charge in [0.25, 0.3) is 0 Å². The first-order chi connectivity index (χ1) is 5.74. The molecule has 1 unspecified atom stereocenters. The van der Waals surface area contributed by atoms with E-state index in [0.29, 0.717) is 6.10 Å². The highest BCUT2D eigenvalue weighted by Gasteiger charge is 2.10. The smallest absolute Gasteiger partial charge is 0.114 e. The lowest BCUT2D eigenvalue weighted by Crippen LogP contribution is -3.11. The Labute approximate surface area is 76.9 Å². The van der Waals surface area contributed by atoms with E-state index >= 15 is 0 Å². The largest absolute Gasteiger partial charge is 0.202 e. The summed E-state index contributed by atoms with van der Waals surface area (Å²) in [6.45, 7) is 11.0. The second-order valence-electron chi connectivity index (χ2n) is 3.38. The van der Waals surface area contributed by atoms with Crippen molar-refractivity contribution in [1.29, 1.82) is 0 Å². The fourth-order valence-electron chi connectivity index (χ4n) is 1.17. The van der Waals surface area contributed by atoms with Crippen LogP contribution in [0, 0.1) is 0 Å². The molecule has 0 aromatic carbocycles. The molecule has 2 heteroatoms. The topological polar surface area (TPSA) is 13.7 Å². The summed E-state index contributed by atoms with van der Waals surface area (Å²) >= 11 is 0. The van der Waals surface area contributed by atoms with Gasteiger partial charge in [-0.1, -0.05) is 20.8 Å². The van der Waals surface area contributed by atoms with E-state index in [0.717, 1.165) is 19.5 Å². The molecule has 0 aliphatic carbocycles. The van der Waals surface area contributed by atoms with Crippen molar-refractivity contribution in [3.63, 3.8) is 0 Å². The molecule has 0 saturated heterocycles. The Morgan fingerprint density at radius 1 is 1.08 bits per heavy atom. The van der Waals surface area contributed by atoms with Crippen LogP contribution in [0.15, 0.2) is 0 Å². The summed E-state index contributed by atoms with van der Waals surface area (Å²) in [6.07, 6.45) is 3.91. The maximum atomic E-state index is 5.80. The highest BCUT2D eigenvalue weighted by atomic mass is 16.7. The zero-order chi connectivity index (χ0) is 9.40. The average molecular weight is 174 g/mol. The first-order valence-corrected chi connectivity index (χ1v) is 5.25. The van der Waals surface area contributed by atoms with Gasteiger partial charge in [0.1, 0.15) is 19.2 Å². The van der Waals surface area contributed by atoms with Crippen LogP contribution in [0.1, 0.15) is 47.0 Å². The zero-order valence-electron chi connectivity index (χ0n) is 9.02. The van der Waals surface area contributed by atoms with E-state index in [1.807, 2.05) is 0 Å². The monoisotopic (exact) mass is 174 g/mol. The maximum absolute atomic E-state index is 5.80. The predicted octanol–water partition coefficient (Wildman–Crippen LogP) is 1.42. The van der Waals surface area contributed by atoms with Crippen LogP contribution in [0.25, 0.3) is 0 Å². The molecule has 2 nitrogen and oxygen atoms in total. The van der Waals surface area contributed by atoms with E-state index in [4.69, 9.17) is 4.84 Å². The molecule has 0 aliphatic rings. The minimum absolute atomic E-state index is 0.401. The fourth-order valence-corrected chi connectivity index (χ4v) is 1.17. The quantitative estimate of drug-likeness (QED) is 0.576. The van der Waals surface area contributed by atoms with Crippen LogP contribution in [-0.2, 0) is 4.84 Å². The van der Waals surface area contributed by atoms with Gasteiger partial charge in [-0.15, -0.1) is 0 Å². The molecular weight excluding hydrogens is 150 g/mol. The average Bonchev–Trinajstić information content (AvgIpc) is 2.05. The molecule has 74 valence electrons. The summed E-state index contributed by atoms with van der Waals surface area (Å²) < 4.78 is 0. The first-order valence-electron chi connectivity index (χ1n) is 5.25. The minimum atomic E-state index is 0.401. The number of hydrogen-bond acceptors (Lipinski definition) is 1. The molecule has 0 saturated carbocycles. The van der Waals surface area contributed by atoms with Gasteiger partial charge in [-0.3, -0.25) is 0 Å². The molecule has 0 heterocycles. The normalized spacial score (nSPS) is 13.8. The van der Waals surface area contributed by atoms with Crippen molar-refractivity contribution >= 4 is 0 Å². The molecule has 0 rings (SSSR count). The van der Waals surface area contributed by atoms with Crippen LogP contribution in [-0.4, -0.2) is 19.2 Å². The lowest BCUT2D eigenvalue weighted by molar-refractivity contribution is -1.10. The van der Waals surface area contributed by atoms with Crippen LogP contribution in [0.4, 0.5) is 0 Å². The third-order valence-electron chi connectivity index (χ3n) is 2.00. The molecule has 0 aromatic rings. The van der Waals surface area contributed by atoms with Gasteiger partial charge < -0.3 is 0 Å². The molecule has 0 fully saturated rings. The summed E-state index contributed by atoms with van der Waals surface area (Å²) in [5.74, 6) is 0. The van der Waals surface area contributed by atoms with Crippen molar-refractivity contribution in [3.05, 3.63) is 0 Å². The second kappa shape index (κ2) is 7.56. The lowest BCUT2D eigenvalue weighted by Gasteiger charge is -2.19. The molecule has 0 bridgehead atoms. The Hall–Kier alpha value is -0.0800. The Bertz CT molecular complexity index is 89.8. The minimum Gasteiger partial charge on any atom is -0.202 e. The molecular formula is C10H24NO+. The van der Waals surface area contributed by atoms with Crippen molar-refractivity contribution in [2.45, 2.75) is 53.1 Å². The number of rotatable bonds is 7. The van der Waals surface area contributed by atoms with E-state index in [9.17, 15) is 0 Å². The molecule has 0 radical (unpaired) electrons. The van der Waals surface area contributed by atoms with Gasteiger partial charge in [-0.25, -0.2) is 4.84 Å². The molecule has 1 atom stereocenters. The molecule has 0 amide bonds. The lowest BCUT2D eigenvalue weighted by atomic mass is 10.3. The third-order valence-corrected chi connectivity index (χ3v) is 2.00. The van der Waals surface area contributed by atoms with E-state index < -0.39 is 0 Å². The number of quaternary nitrogens is 1. The predicted molar refractivity (Wildman–Crippen MR) is 52.1 cm³/mol. The van der Waals surface area contributed by atoms with Gasteiger partial charge >= 0.3 is 0 Å². The van der Waals surface area contributed by atoms with E-state index in [-0.39, 0.29) is 0 Å². The van der Waals surface area contributed by atoms with Crippen molar-refractivity contribution in [1.82, 2.24) is 0 Å². The van der Waals surface area contributed by atoms with Gasteiger partial charge in [0, 0.05) is 0 Å². The van der Waals surface area contributed by atoms with Crippen molar-refractivity contribution in [2.24, 2.45) is 0 Å². The molecule has 0 aliphatic heterocycles. The second-order valence-corrected chi connectivity index (χ2v) is 3.38. The fraction of sp³-hybridized carbons (Fsp3) is 1.00. The van der Waals surface area contributed by atoms with Crippen LogP contribution < -0.4 is 5.06 Å². The molecule has 0 aromatic heterocycles. The van der Waals surface area contributed by atoms with E-state index in [2.05, 4.69) is 27.7 Å². The summed E-state index contributed by atoms with van der Waals surface area (Å²) in [5, 5.41) is 1.30. The van der Waals surface area contributed by atoms with Crippen molar-refractivity contribution in [2.75, 3.05) is 13.1 Å². The summed E-state index contributed by atoms with van der Waals surface area (Å²) in [4.78, 5) is 5.80. The van der Waals surface area contributed by atoms with Crippen molar-refractivity contribution < 1.29 is 9.90 Å². The Balaban J connectivity index is 3.61. The van der Waals surface area contributed by atoms with Crippen LogP contribution in [0.2, 0.25) is 0 Å². The highest BCUT2D eigenvalue weighted by molar-refractivity contribution is 4.38. The highest BCUT2D eigenvalue weighted by Crippen LogP contribution is 1.89.